The second-order valence-electron chi connectivity index (χ2n) is 7.89. The average molecular weight is 380 g/mol. The monoisotopic (exact) mass is 380 g/mol. The maximum absolute atomic E-state index is 11.7. The van der Waals surface area contributed by atoms with Gasteiger partial charge >= 0.3 is 6.16 Å². The number of aryl methyl sites for hydroxylation is 2. The van der Waals surface area contributed by atoms with E-state index >= 15 is 0 Å². The largest absolute Gasteiger partial charge is 0.513 e. The third-order valence-electron chi connectivity index (χ3n) is 5.78. The zero-order valence-corrected chi connectivity index (χ0v) is 16.9. The van der Waals surface area contributed by atoms with E-state index in [9.17, 15) is 4.79 Å². The van der Waals surface area contributed by atoms with Crippen LogP contribution >= 0.6 is 0 Å². The van der Waals surface area contributed by atoms with Crippen molar-refractivity contribution in [3.05, 3.63) is 58.1 Å². The molecule has 2 aromatic carbocycles. The first-order valence-electron chi connectivity index (χ1n) is 10.2. The van der Waals surface area contributed by atoms with Crippen molar-refractivity contribution in [1.82, 2.24) is 0 Å². The Morgan fingerprint density at radius 3 is 2.39 bits per heavy atom. The van der Waals surface area contributed by atoms with Gasteiger partial charge in [0.25, 0.3) is 0 Å². The SMILES string of the molecule is CCc1cc(C2CC2)c(OCc2c(OC(=O)OC)cccc2C2CC2)cc1C. The molecule has 0 saturated heterocycles. The van der Waals surface area contributed by atoms with E-state index < -0.39 is 6.16 Å². The van der Waals surface area contributed by atoms with Crippen molar-refractivity contribution in [2.45, 2.75) is 64.4 Å². The minimum atomic E-state index is -0.698. The topological polar surface area (TPSA) is 44.8 Å². The van der Waals surface area contributed by atoms with E-state index in [2.05, 4.69) is 36.8 Å². The van der Waals surface area contributed by atoms with Gasteiger partial charge in [0.15, 0.2) is 0 Å². The Hall–Kier alpha value is -2.49. The zero-order chi connectivity index (χ0) is 19.7. The molecule has 0 amide bonds. The summed E-state index contributed by atoms with van der Waals surface area (Å²) in [6.07, 6.45) is 5.15. The first-order valence-corrected chi connectivity index (χ1v) is 10.2. The summed E-state index contributed by atoms with van der Waals surface area (Å²) in [6.45, 7) is 4.73. The van der Waals surface area contributed by atoms with E-state index in [1.165, 1.54) is 55.0 Å². The normalized spacial score (nSPS) is 16.0. The van der Waals surface area contributed by atoms with Crippen molar-refractivity contribution in [2.24, 2.45) is 0 Å². The summed E-state index contributed by atoms with van der Waals surface area (Å²) in [4.78, 5) is 11.7. The van der Waals surface area contributed by atoms with Crippen LogP contribution < -0.4 is 9.47 Å². The minimum Gasteiger partial charge on any atom is -0.488 e. The lowest BCUT2D eigenvalue weighted by atomic mass is 9.99. The third-order valence-corrected chi connectivity index (χ3v) is 5.78. The lowest BCUT2D eigenvalue weighted by molar-refractivity contribution is 0.120. The van der Waals surface area contributed by atoms with Crippen LogP contribution in [0, 0.1) is 6.92 Å². The standard InChI is InChI=1S/C24H28O4/c1-4-16-13-20(18-10-11-18)23(12-15(16)2)27-14-21-19(17-8-9-17)6-5-7-22(21)28-24(25)26-3/h5-7,12-13,17-18H,4,8-11,14H2,1-3H3. The molecular weight excluding hydrogens is 352 g/mol. The molecule has 2 aromatic rings. The highest BCUT2D eigenvalue weighted by Gasteiger charge is 2.30. The summed E-state index contributed by atoms with van der Waals surface area (Å²) in [5.41, 5.74) is 6.15. The van der Waals surface area contributed by atoms with Gasteiger partial charge in [0.1, 0.15) is 18.1 Å². The van der Waals surface area contributed by atoms with E-state index in [0.29, 0.717) is 24.2 Å². The van der Waals surface area contributed by atoms with Gasteiger partial charge in [0.05, 0.1) is 7.11 Å². The van der Waals surface area contributed by atoms with Crippen LogP contribution in [0.3, 0.4) is 0 Å². The smallest absolute Gasteiger partial charge is 0.488 e. The van der Waals surface area contributed by atoms with Gasteiger partial charge in [-0.05, 0) is 85.3 Å². The van der Waals surface area contributed by atoms with E-state index in [-0.39, 0.29) is 0 Å². The summed E-state index contributed by atoms with van der Waals surface area (Å²) in [7, 11) is 1.32. The number of rotatable bonds is 7. The maximum atomic E-state index is 11.7. The molecule has 28 heavy (non-hydrogen) atoms. The molecule has 148 valence electrons. The number of ether oxygens (including phenoxy) is 3. The Bertz CT molecular complexity index is 878. The van der Waals surface area contributed by atoms with Crippen LogP contribution in [0.2, 0.25) is 0 Å². The van der Waals surface area contributed by atoms with Gasteiger partial charge in [-0.3, -0.25) is 0 Å². The number of hydrogen-bond donors (Lipinski definition) is 0. The Morgan fingerprint density at radius 1 is 1.04 bits per heavy atom. The Labute approximate surface area is 166 Å². The number of carbonyl (C=O) groups excluding carboxylic acids is 1. The molecule has 4 heteroatoms. The predicted molar refractivity (Wildman–Crippen MR) is 108 cm³/mol. The summed E-state index contributed by atoms with van der Waals surface area (Å²) in [5.74, 6) is 2.65. The molecule has 0 heterocycles. The van der Waals surface area contributed by atoms with Gasteiger partial charge in [-0.1, -0.05) is 25.1 Å². The molecule has 0 atom stereocenters. The van der Waals surface area contributed by atoms with Crippen molar-refractivity contribution in [1.29, 1.82) is 0 Å². The maximum Gasteiger partial charge on any atom is 0.513 e. The van der Waals surface area contributed by atoms with Gasteiger partial charge in [-0.2, -0.15) is 0 Å². The molecule has 0 aromatic heterocycles. The van der Waals surface area contributed by atoms with Crippen LogP contribution in [0.15, 0.2) is 30.3 Å². The molecule has 4 rings (SSSR count). The fourth-order valence-corrected chi connectivity index (χ4v) is 3.86. The molecule has 2 aliphatic rings. The van der Waals surface area contributed by atoms with Crippen molar-refractivity contribution in [3.63, 3.8) is 0 Å². The Morgan fingerprint density at radius 2 is 1.75 bits per heavy atom. The summed E-state index contributed by atoms with van der Waals surface area (Å²) in [5, 5.41) is 0. The highest BCUT2D eigenvalue weighted by atomic mass is 16.7. The fraction of sp³-hybridized carbons (Fsp3) is 0.458. The molecule has 0 radical (unpaired) electrons. The number of benzene rings is 2. The van der Waals surface area contributed by atoms with Crippen LogP contribution in [0.4, 0.5) is 4.79 Å². The molecule has 0 N–H and O–H groups in total. The van der Waals surface area contributed by atoms with E-state index in [4.69, 9.17) is 9.47 Å². The summed E-state index contributed by atoms with van der Waals surface area (Å²) in [6, 6.07) is 10.4. The van der Waals surface area contributed by atoms with Crippen LogP contribution in [0.5, 0.6) is 11.5 Å². The molecule has 0 spiro atoms. The second-order valence-corrected chi connectivity index (χ2v) is 7.89. The van der Waals surface area contributed by atoms with E-state index in [0.717, 1.165) is 17.7 Å². The predicted octanol–water partition coefficient (Wildman–Crippen LogP) is 6.04. The lowest BCUT2D eigenvalue weighted by Crippen LogP contribution is -2.11. The van der Waals surface area contributed by atoms with E-state index in [1.54, 1.807) is 0 Å². The van der Waals surface area contributed by atoms with Crippen molar-refractivity contribution < 1.29 is 19.0 Å². The molecule has 2 fully saturated rings. The highest BCUT2D eigenvalue weighted by molar-refractivity contribution is 5.65. The third kappa shape index (κ3) is 4.01. The zero-order valence-electron chi connectivity index (χ0n) is 16.9. The van der Waals surface area contributed by atoms with Gasteiger partial charge in [-0.25, -0.2) is 4.79 Å². The van der Waals surface area contributed by atoms with Crippen LogP contribution in [-0.4, -0.2) is 13.3 Å². The molecule has 0 aliphatic heterocycles. The number of methoxy groups -OCH3 is 1. The van der Waals surface area contributed by atoms with E-state index in [1.807, 2.05) is 12.1 Å². The first-order chi connectivity index (χ1) is 13.6. The second kappa shape index (κ2) is 7.86. The molecule has 2 saturated carbocycles. The number of hydrogen-bond acceptors (Lipinski definition) is 4. The van der Waals surface area contributed by atoms with Crippen molar-refractivity contribution >= 4 is 6.16 Å². The van der Waals surface area contributed by atoms with Crippen LogP contribution in [-0.2, 0) is 17.8 Å². The molecule has 0 unspecified atom stereocenters. The molecule has 4 nitrogen and oxygen atoms in total. The van der Waals surface area contributed by atoms with Crippen LogP contribution in [0.25, 0.3) is 0 Å². The highest BCUT2D eigenvalue weighted by Crippen LogP contribution is 2.47. The van der Waals surface area contributed by atoms with Crippen molar-refractivity contribution in [3.8, 4) is 11.5 Å². The summed E-state index contributed by atoms with van der Waals surface area (Å²) < 4.78 is 16.4. The van der Waals surface area contributed by atoms with Gasteiger partial charge < -0.3 is 14.2 Å². The first kappa shape index (κ1) is 18.9. The van der Waals surface area contributed by atoms with Gasteiger partial charge in [0.2, 0.25) is 0 Å². The Balaban J connectivity index is 1.63. The molecular formula is C24H28O4. The number of carbonyl (C=O) groups is 1. The fourth-order valence-electron chi connectivity index (χ4n) is 3.86. The lowest BCUT2D eigenvalue weighted by Gasteiger charge is -2.18. The Kier molecular flexibility index (Phi) is 5.29. The van der Waals surface area contributed by atoms with Gasteiger partial charge in [-0.15, -0.1) is 0 Å². The average Bonchev–Trinajstić information content (AvgIpc) is 3.59. The van der Waals surface area contributed by atoms with Crippen LogP contribution in [0.1, 0.15) is 72.3 Å². The molecule has 2 aliphatic carbocycles. The summed E-state index contributed by atoms with van der Waals surface area (Å²) >= 11 is 0. The molecule has 0 bridgehead atoms. The van der Waals surface area contributed by atoms with Gasteiger partial charge in [0, 0.05) is 5.56 Å². The van der Waals surface area contributed by atoms with Crippen molar-refractivity contribution in [2.75, 3.05) is 7.11 Å². The minimum absolute atomic E-state index is 0.392. The quantitative estimate of drug-likeness (QED) is 0.434.